The van der Waals surface area contributed by atoms with Gasteiger partial charge in [0, 0.05) is 10.6 Å². The number of carbonyl (C=O) groups is 2. The summed E-state index contributed by atoms with van der Waals surface area (Å²) < 4.78 is 1.29. The second kappa shape index (κ2) is 7.13. The Morgan fingerprint density at radius 1 is 1.26 bits per heavy atom. The first kappa shape index (κ1) is 19.1. The van der Waals surface area contributed by atoms with Crippen LogP contribution in [0.3, 0.4) is 0 Å². The predicted octanol–water partition coefficient (Wildman–Crippen LogP) is 2.62. The number of amides is 2. The molecule has 0 aliphatic rings. The molecule has 4 N–H and O–H groups in total. The van der Waals surface area contributed by atoms with Gasteiger partial charge in [-0.3, -0.25) is 19.0 Å². The zero-order valence-electron chi connectivity index (χ0n) is 14.7. The highest BCUT2D eigenvalue weighted by Gasteiger charge is 2.26. The number of halogens is 1. The molecule has 2 heterocycles. The second-order valence-corrected chi connectivity index (χ2v) is 7.48. The van der Waals surface area contributed by atoms with E-state index in [1.165, 1.54) is 4.57 Å². The van der Waals surface area contributed by atoms with Crippen LogP contribution < -0.4 is 17.0 Å². The van der Waals surface area contributed by atoms with Crippen LogP contribution in [-0.2, 0) is 4.79 Å². The van der Waals surface area contributed by atoms with Crippen molar-refractivity contribution in [1.82, 2.24) is 9.55 Å². The number of benzene rings is 1. The van der Waals surface area contributed by atoms with E-state index in [1.54, 1.807) is 38.1 Å². The van der Waals surface area contributed by atoms with E-state index in [-0.39, 0.29) is 16.1 Å². The van der Waals surface area contributed by atoms with Crippen LogP contribution in [0.2, 0.25) is 5.02 Å². The molecule has 140 valence electrons. The van der Waals surface area contributed by atoms with Gasteiger partial charge >= 0.3 is 0 Å². The lowest BCUT2D eigenvalue weighted by atomic mass is 10.1. The third-order valence-corrected chi connectivity index (χ3v) is 5.80. The Kier molecular flexibility index (Phi) is 5.03. The van der Waals surface area contributed by atoms with Crippen molar-refractivity contribution in [3.8, 4) is 11.4 Å². The number of aromatic nitrogens is 2. The van der Waals surface area contributed by atoms with Crippen LogP contribution in [0.4, 0.5) is 0 Å². The van der Waals surface area contributed by atoms with E-state index < -0.39 is 23.4 Å². The number of thiophene rings is 1. The van der Waals surface area contributed by atoms with Crippen molar-refractivity contribution < 1.29 is 9.59 Å². The molecule has 0 saturated heterocycles. The molecule has 1 atom stereocenters. The van der Waals surface area contributed by atoms with Crippen molar-refractivity contribution in [2.24, 2.45) is 11.5 Å². The average Bonchev–Trinajstić information content (AvgIpc) is 2.95. The molecule has 1 unspecified atom stereocenters. The first-order valence-electron chi connectivity index (χ1n) is 8.16. The molecule has 7 nitrogen and oxygen atoms in total. The first-order valence-corrected chi connectivity index (χ1v) is 9.36. The number of hydrogen-bond acceptors (Lipinski definition) is 5. The highest BCUT2D eigenvalue weighted by molar-refractivity contribution is 7.20. The van der Waals surface area contributed by atoms with Gasteiger partial charge in [0.25, 0.3) is 11.5 Å². The van der Waals surface area contributed by atoms with Crippen molar-refractivity contribution in [2.75, 3.05) is 0 Å². The zero-order valence-corrected chi connectivity index (χ0v) is 16.2. The van der Waals surface area contributed by atoms with Crippen molar-refractivity contribution in [3.63, 3.8) is 0 Å². The van der Waals surface area contributed by atoms with Crippen LogP contribution in [0.15, 0.2) is 29.1 Å². The largest absolute Gasteiger partial charge is 0.368 e. The van der Waals surface area contributed by atoms with E-state index in [0.29, 0.717) is 27.4 Å². The number of nitrogens with two attached hydrogens (primary N) is 2. The maximum atomic E-state index is 13.3. The summed E-state index contributed by atoms with van der Waals surface area (Å²) in [7, 11) is 0. The van der Waals surface area contributed by atoms with Crippen LogP contribution in [0.25, 0.3) is 21.6 Å². The lowest BCUT2D eigenvalue weighted by Gasteiger charge is -2.19. The van der Waals surface area contributed by atoms with Crippen molar-refractivity contribution in [2.45, 2.75) is 26.3 Å². The van der Waals surface area contributed by atoms with Gasteiger partial charge in [-0.15, -0.1) is 11.3 Å². The van der Waals surface area contributed by atoms with Crippen LogP contribution in [0.1, 0.15) is 34.6 Å². The molecule has 2 aromatic heterocycles. The number of nitrogens with zero attached hydrogens (tertiary/aromatic N) is 2. The van der Waals surface area contributed by atoms with Gasteiger partial charge < -0.3 is 11.5 Å². The standard InChI is InChI=1S/C18H17ClN4O3S/c1-3-11(14(20)24)23-16(9-4-6-10(19)7-5-9)22-17-12(18(23)26)8(2)13(27-17)15(21)25/h4-7,11H,3H2,1-2H3,(H2,20,24)(H2,21,25). The highest BCUT2D eigenvalue weighted by Crippen LogP contribution is 2.31. The fraction of sp³-hybridized carbons (Fsp3) is 0.222. The van der Waals surface area contributed by atoms with Crippen molar-refractivity contribution in [3.05, 3.63) is 50.1 Å². The Labute approximate surface area is 163 Å². The van der Waals surface area contributed by atoms with Gasteiger partial charge in [-0.05, 0) is 43.2 Å². The normalized spacial score (nSPS) is 12.3. The Hall–Kier alpha value is -2.71. The Morgan fingerprint density at radius 2 is 1.89 bits per heavy atom. The minimum atomic E-state index is -0.878. The van der Waals surface area contributed by atoms with E-state index in [0.717, 1.165) is 11.3 Å². The number of carbonyl (C=O) groups excluding carboxylic acids is 2. The molecule has 0 radical (unpaired) electrons. The number of aryl methyl sites for hydroxylation is 1. The fourth-order valence-electron chi connectivity index (χ4n) is 3.03. The summed E-state index contributed by atoms with van der Waals surface area (Å²) in [6.07, 6.45) is 0.314. The number of primary amides is 2. The Bertz CT molecular complexity index is 1120. The minimum Gasteiger partial charge on any atom is -0.368 e. The van der Waals surface area contributed by atoms with Gasteiger partial charge in [0.2, 0.25) is 5.91 Å². The van der Waals surface area contributed by atoms with Gasteiger partial charge in [-0.1, -0.05) is 18.5 Å². The SMILES string of the molecule is CCC(C(N)=O)n1c(-c2ccc(Cl)cc2)nc2sc(C(N)=O)c(C)c2c1=O. The zero-order chi connectivity index (χ0) is 19.9. The summed E-state index contributed by atoms with van der Waals surface area (Å²) in [6.45, 7) is 3.40. The predicted molar refractivity (Wildman–Crippen MR) is 106 cm³/mol. The molecule has 0 saturated carbocycles. The molecular weight excluding hydrogens is 388 g/mol. The third-order valence-electron chi connectivity index (χ3n) is 4.35. The molecule has 0 aliphatic carbocycles. The molecule has 27 heavy (non-hydrogen) atoms. The smallest absolute Gasteiger partial charge is 0.263 e. The molecule has 3 rings (SSSR count). The fourth-order valence-corrected chi connectivity index (χ4v) is 4.18. The molecule has 9 heteroatoms. The van der Waals surface area contributed by atoms with Crippen LogP contribution in [0.5, 0.6) is 0 Å². The average molecular weight is 405 g/mol. The van der Waals surface area contributed by atoms with Crippen LogP contribution in [0, 0.1) is 6.92 Å². The van der Waals surface area contributed by atoms with Crippen LogP contribution >= 0.6 is 22.9 Å². The number of rotatable bonds is 5. The Morgan fingerprint density at radius 3 is 2.41 bits per heavy atom. The number of fused-ring (bicyclic) bond motifs is 1. The summed E-state index contributed by atoms with van der Waals surface area (Å²) in [5.74, 6) is -0.984. The molecule has 0 aliphatic heterocycles. The van der Waals surface area contributed by atoms with Gasteiger partial charge in [0.1, 0.15) is 16.7 Å². The highest BCUT2D eigenvalue weighted by atomic mass is 35.5. The second-order valence-electron chi connectivity index (χ2n) is 6.04. The topological polar surface area (TPSA) is 121 Å². The summed E-state index contributed by atoms with van der Waals surface area (Å²) in [6, 6.07) is 5.86. The first-order chi connectivity index (χ1) is 12.8. The molecule has 1 aromatic carbocycles. The van der Waals surface area contributed by atoms with E-state index >= 15 is 0 Å². The van der Waals surface area contributed by atoms with Crippen molar-refractivity contribution >= 4 is 45.0 Å². The van der Waals surface area contributed by atoms with E-state index in [9.17, 15) is 14.4 Å². The Balaban J connectivity index is 2.45. The molecule has 0 spiro atoms. The lowest BCUT2D eigenvalue weighted by Crippen LogP contribution is -2.35. The third kappa shape index (κ3) is 3.22. The van der Waals surface area contributed by atoms with Crippen LogP contribution in [-0.4, -0.2) is 21.4 Å². The summed E-state index contributed by atoms with van der Waals surface area (Å²) >= 11 is 7.01. The molecule has 2 amide bonds. The summed E-state index contributed by atoms with van der Waals surface area (Å²) in [5.41, 5.74) is 11.6. The summed E-state index contributed by atoms with van der Waals surface area (Å²) in [4.78, 5) is 42.2. The lowest BCUT2D eigenvalue weighted by molar-refractivity contribution is -0.121. The molecular formula is C18H17ClN4O3S. The quantitative estimate of drug-likeness (QED) is 0.678. The molecule has 3 aromatic rings. The van der Waals surface area contributed by atoms with Gasteiger partial charge in [0.05, 0.1) is 10.3 Å². The van der Waals surface area contributed by atoms with Gasteiger partial charge in [-0.2, -0.15) is 0 Å². The van der Waals surface area contributed by atoms with E-state index in [1.807, 2.05) is 0 Å². The maximum Gasteiger partial charge on any atom is 0.263 e. The van der Waals surface area contributed by atoms with Crippen molar-refractivity contribution in [1.29, 1.82) is 0 Å². The van der Waals surface area contributed by atoms with E-state index in [2.05, 4.69) is 4.98 Å². The molecule has 0 bridgehead atoms. The van der Waals surface area contributed by atoms with E-state index in [4.69, 9.17) is 23.1 Å². The molecule has 0 fully saturated rings. The monoisotopic (exact) mass is 404 g/mol. The minimum absolute atomic E-state index is 0.265. The van der Waals surface area contributed by atoms with Gasteiger partial charge in [0.15, 0.2) is 0 Å². The maximum absolute atomic E-state index is 13.3. The summed E-state index contributed by atoms with van der Waals surface area (Å²) in [5, 5.41) is 0.796. The number of hydrogen-bond donors (Lipinski definition) is 2. The van der Waals surface area contributed by atoms with Gasteiger partial charge in [-0.25, -0.2) is 4.98 Å².